The molecule has 1 fully saturated rings. The van der Waals surface area contributed by atoms with Gasteiger partial charge < -0.3 is 36.2 Å². The van der Waals surface area contributed by atoms with Gasteiger partial charge in [-0.3, -0.25) is 4.57 Å². The first-order chi connectivity index (χ1) is 17.0. The van der Waals surface area contributed by atoms with Crippen molar-refractivity contribution in [2.24, 2.45) is 0 Å². The van der Waals surface area contributed by atoms with Crippen LogP contribution < -0.4 is 16.4 Å². The third-order valence-electron chi connectivity index (χ3n) is 6.28. The number of hydrogen-bond acceptors (Lipinski definition) is 9. The van der Waals surface area contributed by atoms with E-state index < -0.39 is 24.5 Å². The monoisotopic (exact) mass is 498 g/mol. The molecule has 4 atom stereocenters. The van der Waals surface area contributed by atoms with Gasteiger partial charge in [0.15, 0.2) is 17.7 Å². The normalized spacial score (nSPS) is 22.3. The summed E-state index contributed by atoms with van der Waals surface area (Å²) in [6.45, 7) is 7.66. The van der Waals surface area contributed by atoms with Gasteiger partial charge >= 0.3 is 6.03 Å². The summed E-state index contributed by atoms with van der Waals surface area (Å²) in [5, 5.41) is 26.8. The molecule has 0 saturated carbocycles. The van der Waals surface area contributed by atoms with Gasteiger partial charge in [-0.25, -0.2) is 19.7 Å². The lowest BCUT2D eigenvalue weighted by Crippen LogP contribution is -2.41. The molecule has 1 aliphatic heterocycles. The Kier molecular flexibility index (Phi) is 7.41. The number of ether oxygens (including phenoxy) is 1. The van der Waals surface area contributed by atoms with Crippen molar-refractivity contribution < 1.29 is 19.7 Å². The number of urea groups is 1. The Morgan fingerprint density at radius 2 is 1.89 bits per heavy atom. The molecule has 12 nitrogen and oxygen atoms in total. The SMILES string of the molecule is CN(CCNC(=O)Nc1ccc(C(C)(C)C)cc1)C[C@H]1OC(n2cnc3c(N)ncnc32)[C@H](O)[C@@H]1O. The van der Waals surface area contributed by atoms with Crippen LogP contribution in [0.2, 0.25) is 0 Å². The number of carbonyl (C=O) groups is 1. The molecule has 6 N–H and O–H groups in total. The van der Waals surface area contributed by atoms with Gasteiger partial charge in [0.05, 0.1) is 6.33 Å². The highest BCUT2D eigenvalue weighted by Gasteiger charge is 2.44. The number of nitrogens with one attached hydrogen (secondary N) is 2. The molecule has 1 aliphatic rings. The quantitative estimate of drug-likeness (QED) is 0.321. The molecule has 1 unspecified atom stereocenters. The zero-order valence-electron chi connectivity index (χ0n) is 20.9. The molecule has 2 aromatic heterocycles. The molecule has 2 amide bonds. The van der Waals surface area contributed by atoms with E-state index in [0.29, 0.717) is 30.8 Å². The predicted octanol–water partition coefficient (Wildman–Crippen LogP) is 1.08. The minimum atomic E-state index is -1.18. The van der Waals surface area contributed by atoms with Crippen LogP contribution in [0, 0.1) is 0 Å². The number of carbonyl (C=O) groups excluding carboxylic acids is 1. The number of amides is 2. The Morgan fingerprint density at radius 1 is 1.17 bits per heavy atom. The smallest absolute Gasteiger partial charge is 0.319 e. The molecule has 4 rings (SSSR count). The van der Waals surface area contributed by atoms with E-state index in [1.165, 1.54) is 18.2 Å². The summed E-state index contributed by atoms with van der Waals surface area (Å²) < 4.78 is 7.51. The Labute approximate surface area is 209 Å². The lowest BCUT2D eigenvalue weighted by molar-refractivity contribution is -0.0420. The Morgan fingerprint density at radius 3 is 2.58 bits per heavy atom. The van der Waals surface area contributed by atoms with Crippen LogP contribution in [0.1, 0.15) is 32.6 Å². The highest BCUT2D eigenvalue weighted by atomic mass is 16.6. The highest BCUT2D eigenvalue weighted by molar-refractivity contribution is 5.89. The molecular weight excluding hydrogens is 464 g/mol. The number of aromatic nitrogens is 4. The number of benzene rings is 1. The Hall–Kier alpha value is -3.32. The number of rotatable bonds is 7. The van der Waals surface area contributed by atoms with Gasteiger partial charge in [-0.1, -0.05) is 32.9 Å². The number of likely N-dealkylation sites (N-methyl/N-ethyl adjacent to an activating group) is 1. The fourth-order valence-electron chi connectivity index (χ4n) is 4.15. The summed E-state index contributed by atoms with van der Waals surface area (Å²) in [5.41, 5.74) is 8.61. The van der Waals surface area contributed by atoms with Gasteiger partial charge in [-0.05, 0) is 30.2 Å². The number of nitrogen functional groups attached to an aromatic ring is 1. The Balaban J connectivity index is 1.25. The summed E-state index contributed by atoms with van der Waals surface area (Å²) in [6.07, 6.45) is -1.04. The van der Waals surface area contributed by atoms with E-state index in [2.05, 4.69) is 46.4 Å². The molecule has 0 bridgehead atoms. The van der Waals surface area contributed by atoms with E-state index in [9.17, 15) is 15.0 Å². The summed E-state index contributed by atoms with van der Waals surface area (Å²) in [4.78, 5) is 26.4. The summed E-state index contributed by atoms with van der Waals surface area (Å²) in [5.74, 6) is 0.224. The van der Waals surface area contributed by atoms with Gasteiger partial charge in [0, 0.05) is 25.3 Å². The molecule has 0 spiro atoms. The van der Waals surface area contributed by atoms with Crippen molar-refractivity contribution in [2.75, 3.05) is 37.7 Å². The maximum Gasteiger partial charge on any atom is 0.319 e. The van der Waals surface area contributed by atoms with Crippen molar-refractivity contribution in [3.05, 3.63) is 42.5 Å². The summed E-state index contributed by atoms with van der Waals surface area (Å²) in [6, 6.07) is 7.49. The summed E-state index contributed by atoms with van der Waals surface area (Å²) >= 11 is 0. The van der Waals surface area contributed by atoms with Crippen molar-refractivity contribution in [3.63, 3.8) is 0 Å². The van der Waals surface area contributed by atoms with Crippen LogP contribution in [0.3, 0.4) is 0 Å². The largest absolute Gasteiger partial charge is 0.387 e. The standard InChI is InChI=1S/C24H34N8O4/c1-24(2,3)14-5-7-15(8-6-14)30-23(35)26-9-10-31(4)11-16-18(33)19(34)22(36-16)32-13-29-17-20(25)27-12-28-21(17)32/h5-8,12-13,16,18-19,22,33-34H,9-11H2,1-4H3,(H2,25,27,28)(H2,26,30,35)/t16-,18-,19-,22?/m1/s1. The first-order valence-corrected chi connectivity index (χ1v) is 11.8. The molecule has 3 heterocycles. The van der Waals surface area contributed by atoms with Crippen LogP contribution in [-0.4, -0.2) is 85.7 Å². The van der Waals surface area contributed by atoms with Crippen molar-refractivity contribution >= 4 is 28.7 Å². The molecule has 36 heavy (non-hydrogen) atoms. The van der Waals surface area contributed by atoms with Crippen LogP contribution in [0.15, 0.2) is 36.9 Å². The summed E-state index contributed by atoms with van der Waals surface area (Å²) in [7, 11) is 1.85. The zero-order valence-corrected chi connectivity index (χ0v) is 20.9. The van der Waals surface area contributed by atoms with Crippen LogP contribution >= 0.6 is 0 Å². The number of imidazole rings is 1. The van der Waals surface area contributed by atoms with Gasteiger partial charge in [0.25, 0.3) is 0 Å². The fraction of sp³-hybridized carbons (Fsp3) is 0.500. The fourth-order valence-corrected chi connectivity index (χ4v) is 4.15. The van der Waals surface area contributed by atoms with E-state index >= 15 is 0 Å². The number of anilines is 2. The van der Waals surface area contributed by atoms with Gasteiger partial charge in [-0.15, -0.1) is 0 Å². The van der Waals surface area contributed by atoms with E-state index in [1.807, 2.05) is 36.2 Å². The zero-order chi connectivity index (χ0) is 26.0. The van der Waals surface area contributed by atoms with E-state index in [4.69, 9.17) is 10.5 Å². The minimum Gasteiger partial charge on any atom is -0.387 e. The number of aliphatic hydroxyl groups excluding tert-OH is 2. The molecule has 3 aromatic rings. The lowest BCUT2D eigenvalue weighted by Gasteiger charge is -2.23. The highest BCUT2D eigenvalue weighted by Crippen LogP contribution is 2.32. The number of nitrogens with zero attached hydrogens (tertiary/aromatic N) is 5. The van der Waals surface area contributed by atoms with E-state index in [-0.39, 0.29) is 17.3 Å². The molecular formula is C24H34N8O4. The predicted molar refractivity (Wildman–Crippen MR) is 135 cm³/mol. The first kappa shape index (κ1) is 25.8. The molecule has 0 radical (unpaired) electrons. The maximum atomic E-state index is 12.3. The van der Waals surface area contributed by atoms with Gasteiger partial charge in [0.2, 0.25) is 0 Å². The van der Waals surface area contributed by atoms with Gasteiger partial charge in [-0.2, -0.15) is 0 Å². The average molecular weight is 499 g/mol. The number of aliphatic hydroxyl groups is 2. The van der Waals surface area contributed by atoms with Crippen LogP contribution in [0.4, 0.5) is 16.3 Å². The number of fused-ring (bicyclic) bond motifs is 1. The molecule has 1 aromatic carbocycles. The Bertz CT molecular complexity index is 1190. The molecule has 1 saturated heterocycles. The average Bonchev–Trinajstić information content (AvgIpc) is 3.36. The van der Waals surface area contributed by atoms with E-state index in [1.54, 1.807) is 4.57 Å². The lowest BCUT2D eigenvalue weighted by atomic mass is 9.87. The van der Waals surface area contributed by atoms with Crippen LogP contribution in [0.25, 0.3) is 11.2 Å². The van der Waals surface area contributed by atoms with Crippen molar-refractivity contribution in [3.8, 4) is 0 Å². The molecule has 12 heteroatoms. The number of nitrogens with two attached hydrogens (primary N) is 1. The minimum absolute atomic E-state index is 0.0486. The van der Waals surface area contributed by atoms with E-state index in [0.717, 1.165) is 5.69 Å². The topological polar surface area (TPSA) is 164 Å². The third kappa shape index (κ3) is 5.57. The van der Waals surface area contributed by atoms with Crippen molar-refractivity contribution in [2.45, 2.75) is 50.7 Å². The van der Waals surface area contributed by atoms with Crippen LogP contribution in [0.5, 0.6) is 0 Å². The van der Waals surface area contributed by atoms with Gasteiger partial charge in [0.1, 0.15) is 30.2 Å². The second-order valence-corrected chi connectivity index (χ2v) is 10.1. The van der Waals surface area contributed by atoms with Crippen LogP contribution in [-0.2, 0) is 10.2 Å². The third-order valence-corrected chi connectivity index (χ3v) is 6.28. The second-order valence-electron chi connectivity index (χ2n) is 10.1. The molecule has 0 aliphatic carbocycles. The van der Waals surface area contributed by atoms with Crippen molar-refractivity contribution in [1.29, 1.82) is 0 Å². The molecule has 194 valence electrons. The van der Waals surface area contributed by atoms with Crippen molar-refractivity contribution in [1.82, 2.24) is 29.7 Å². The first-order valence-electron chi connectivity index (χ1n) is 11.8. The number of hydrogen-bond donors (Lipinski definition) is 5. The second kappa shape index (κ2) is 10.3. The maximum absolute atomic E-state index is 12.3.